The van der Waals surface area contributed by atoms with Gasteiger partial charge in [-0.15, -0.1) is 0 Å². The Morgan fingerprint density at radius 1 is 1.31 bits per heavy atom. The van der Waals surface area contributed by atoms with Crippen molar-refractivity contribution in [3.05, 3.63) is 41.2 Å². The van der Waals surface area contributed by atoms with Crippen LogP contribution < -0.4 is 10.6 Å². The van der Waals surface area contributed by atoms with Crippen LogP contribution in [-0.4, -0.2) is 75.0 Å². The molecule has 4 rings (SSSR count). The van der Waals surface area contributed by atoms with Gasteiger partial charge >= 0.3 is 0 Å². The number of pyridine rings is 2. The number of nitrogens with zero attached hydrogens (tertiary/aromatic N) is 2. The molecule has 0 aromatic carbocycles. The van der Waals surface area contributed by atoms with Crippen LogP contribution in [0.15, 0.2) is 30.5 Å². The average Bonchev–Trinajstić information content (AvgIpc) is 3.36. The van der Waals surface area contributed by atoms with Gasteiger partial charge in [-0.1, -0.05) is 24.6 Å². The zero-order valence-electron chi connectivity index (χ0n) is 21.2. The number of Topliss-reactive ketones (excluding diaryl/α,β-unsaturated/α-hetero) is 1. The number of carbonyl (C=O) groups excluding carboxylic acids is 1. The standard InChI is InChI=1S/C27H37ClN4O4/c1-27(6-8-35-9-7-27)18-31-26-5-3-4-24(32-26)22-13-20(30-16-23(22)28)14-25(33)19-12-21(29-15-19)17-36-11-10-34-2/h3-5,13,16,19,21,29H,6-12,14-15,17-18H2,1-2H3,(H,31,32)/t19-,21+/m1/s1. The number of carbonyl (C=O) groups is 1. The lowest BCUT2D eigenvalue weighted by Gasteiger charge is -2.33. The van der Waals surface area contributed by atoms with Crippen LogP contribution >= 0.6 is 11.6 Å². The predicted octanol–water partition coefficient (Wildman–Crippen LogP) is 3.78. The number of ether oxygens (including phenoxy) is 3. The van der Waals surface area contributed by atoms with E-state index < -0.39 is 0 Å². The minimum Gasteiger partial charge on any atom is -0.382 e. The zero-order chi connectivity index (χ0) is 25.4. The quantitative estimate of drug-likeness (QED) is 0.412. The third-order valence-electron chi connectivity index (χ3n) is 7.12. The molecule has 8 nitrogen and oxygen atoms in total. The molecule has 2 atom stereocenters. The molecule has 9 heteroatoms. The van der Waals surface area contributed by atoms with E-state index in [1.807, 2.05) is 24.3 Å². The number of halogens is 1. The summed E-state index contributed by atoms with van der Waals surface area (Å²) < 4.78 is 16.1. The van der Waals surface area contributed by atoms with Gasteiger partial charge in [0.15, 0.2) is 0 Å². The van der Waals surface area contributed by atoms with E-state index in [4.69, 9.17) is 30.8 Å². The normalized spacial score (nSPS) is 21.4. The third kappa shape index (κ3) is 7.46. The number of rotatable bonds is 12. The Hall–Kier alpha value is -2.10. The Labute approximate surface area is 218 Å². The van der Waals surface area contributed by atoms with Crippen molar-refractivity contribution in [2.24, 2.45) is 11.3 Å². The van der Waals surface area contributed by atoms with E-state index in [0.717, 1.165) is 56.1 Å². The second kappa shape index (κ2) is 12.9. The highest BCUT2D eigenvalue weighted by Gasteiger charge is 2.30. The minimum atomic E-state index is -0.0424. The molecule has 0 saturated carbocycles. The Morgan fingerprint density at radius 3 is 2.94 bits per heavy atom. The van der Waals surface area contributed by atoms with Crippen LogP contribution in [0, 0.1) is 11.3 Å². The van der Waals surface area contributed by atoms with Crippen molar-refractivity contribution in [3.8, 4) is 11.3 Å². The summed E-state index contributed by atoms with van der Waals surface area (Å²) in [4.78, 5) is 22.2. The Morgan fingerprint density at radius 2 is 2.14 bits per heavy atom. The Balaban J connectivity index is 1.36. The highest BCUT2D eigenvalue weighted by atomic mass is 35.5. The van der Waals surface area contributed by atoms with Gasteiger partial charge in [0.25, 0.3) is 0 Å². The summed E-state index contributed by atoms with van der Waals surface area (Å²) in [5.74, 6) is 0.941. The van der Waals surface area contributed by atoms with Crippen molar-refractivity contribution in [2.45, 2.75) is 38.6 Å². The molecule has 36 heavy (non-hydrogen) atoms. The van der Waals surface area contributed by atoms with Gasteiger partial charge in [0.1, 0.15) is 11.6 Å². The number of aromatic nitrogens is 2. The number of anilines is 1. The van der Waals surface area contributed by atoms with Gasteiger partial charge in [-0.3, -0.25) is 9.78 Å². The number of hydrogen-bond donors (Lipinski definition) is 2. The molecule has 2 aliphatic heterocycles. The second-order valence-corrected chi connectivity index (χ2v) is 10.5. The summed E-state index contributed by atoms with van der Waals surface area (Å²) in [5, 5.41) is 7.40. The van der Waals surface area contributed by atoms with Crippen molar-refractivity contribution in [1.82, 2.24) is 15.3 Å². The highest BCUT2D eigenvalue weighted by Crippen LogP contribution is 2.31. The summed E-state index contributed by atoms with van der Waals surface area (Å²) in [7, 11) is 1.65. The molecular weight excluding hydrogens is 480 g/mol. The summed E-state index contributed by atoms with van der Waals surface area (Å²) in [5.41, 5.74) is 2.44. The highest BCUT2D eigenvalue weighted by molar-refractivity contribution is 6.33. The third-order valence-corrected chi connectivity index (χ3v) is 7.42. The van der Waals surface area contributed by atoms with Gasteiger partial charge in [-0.25, -0.2) is 4.98 Å². The van der Waals surface area contributed by atoms with Crippen molar-refractivity contribution in [2.75, 3.05) is 58.6 Å². The fourth-order valence-electron chi connectivity index (χ4n) is 4.68. The van der Waals surface area contributed by atoms with E-state index in [-0.39, 0.29) is 29.6 Å². The van der Waals surface area contributed by atoms with Crippen molar-refractivity contribution in [3.63, 3.8) is 0 Å². The first-order valence-electron chi connectivity index (χ1n) is 12.7. The summed E-state index contributed by atoms with van der Waals surface area (Å²) in [6, 6.07) is 7.95. The molecule has 196 valence electrons. The molecule has 4 heterocycles. The van der Waals surface area contributed by atoms with E-state index in [0.29, 0.717) is 37.1 Å². The molecule has 0 radical (unpaired) electrons. The molecule has 0 amide bonds. The van der Waals surface area contributed by atoms with Crippen molar-refractivity contribution in [1.29, 1.82) is 0 Å². The molecule has 0 aliphatic carbocycles. The van der Waals surface area contributed by atoms with E-state index in [9.17, 15) is 4.79 Å². The molecule has 2 N–H and O–H groups in total. The van der Waals surface area contributed by atoms with E-state index in [2.05, 4.69) is 22.5 Å². The Kier molecular flexibility index (Phi) is 9.67. The van der Waals surface area contributed by atoms with Crippen LogP contribution in [-0.2, 0) is 25.4 Å². The van der Waals surface area contributed by atoms with Crippen molar-refractivity contribution >= 4 is 23.2 Å². The van der Waals surface area contributed by atoms with Gasteiger partial charge < -0.3 is 24.8 Å². The fourth-order valence-corrected chi connectivity index (χ4v) is 4.89. The molecule has 0 spiro atoms. The van der Waals surface area contributed by atoms with Gasteiger partial charge in [-0.2, -0.15) is 0 Å². The molecule has 2 fully saturated rings. The summed E-state index contributed by atoms with van der Waals surface area (Å²) in [6.45, 7) is 7.11. The van der Waals surface area contributed by atoms with Crippen LogP contribution in [0.4, 0.5) is 5.82 Å². The number of ketones is 1. The van der Waals surface area contributed by atoms with Crippen LogP contribution in [0.3, 0.4) is 0 Å². The predicted molar refractivity (Wildman–Crippen MR) is 140 cm³/mol. The summed E-state index contributed by atoms with van der Waals surface area (Å²) >= 11 is 6.50. The van der Waals surface area contributed by atoms with Gasteiger partial charge in [-0.05, 0) is 42.9 Å². The lowest BCUT2D eigenvalue weighted by atomic mass is 9.82. The molecule has 2 saturated heterocycles. The van der Waals surface area contributed by atoms with Gasteiger partial charge in [0.2, 0.25) is 0 Å². The Bertz CT molecular complexity index is 1020. The molecule has 0 unspecified atom stereocenters. The van der Waals surface area contributed by atoms with Crippen LogP contribution in [0.5, 0.6) is 0 Å². The van der Waals surface area contributed by atoms with E-state index >= 15 is 0 Å². The lowest BCUT2D eigenvalue weighted by molar-refractivity contribution is -0.121. The number of hydrogen-bond acceptors (Lipinski definition) is 8. The molecular formula is C27H37ClN4O4. The van der Waals surface area contributed by atoms with Crippen LogP contribution in [0.1, 0.15) is 31.9 Å². The lowest BCUT2D eigenvalue weighted by Crippen LogP contribution is -2.33. The molecule has 2 aromatic rings. The zero-order valence-corrected chi connectivity index (χ0v) is 22.0. The van der Waals surface area contributed by atoms with Crippen molar-refractivity contribution < 1.29 is 19.0 Å². The first kappa shape index (κ1) is 26.9. The second-order valence-electron chi connectivity index (χ2n) is 10.1. The molecule has 0 bridgehead atoms. The monoisotopic (exact) mass is 516 g/mol. The first-order valence-corrected chi connectivity index (χ1v) is 13.1. The van der Waals surface area contributed by atoms with Gasteiger partial charge in [0.05, 0.1) is 30.5 Å². The maximum Gasteiger partial charge on any atom is 0.143 e. The van der Waals surface area contributed by atoms with Gasteiger partial charge in [0, 0.05) is 69.2 Å². The number of nitrogens with one attached hydrogen (secondary N) is 2. The van der Waals surface area contributed by atoms with Crippen LogP contribution in [0.2, 0.25) is 5.02 Å². The fraction of sp³-hybridized carbons (Fsp3) is 0.593. The molecule has 2 aromatic heterocycles. The largest absolute Gasteiger partial charge is 0.382 e. The minimum absolute atomic E-state index is 0.0424. The smallest absolute Gasteiger partial charge is 0.143 e. The maximum absolute atomic E-state index is 13.0. The summed E-state index contributed by atoms with van der Waals surface area (Å²) in [6.07, 6.45) is 4.72. The average molecular weight is 517 g/mol. The maximum atomic E-state index is 13.0. The van der Waals surface area contributed by atoms with E-state index in [1.165, 1.54) is 0 Å². The topological polar surface area (TPSA) is 94.6 Å². The first-order chi connectivity index (χ1) is 17.5. The van der Waals surface area contributed by atoms with E-state index in [1.54, 1.807) is 13.3 Å². The SMILES string of the molecule is COCCOC[C@@H]1C[C@@H](C(=O)Cc2cc(-c3cccc(NCC4(C)CCOCC4)n3)c(Cl)cn2)CN1. The number of methoxy groups -OCH3 is 1. The molecule has 2 aliphatic rings. The van der Waals surface area contributed by atoms with Crippen LogP contribution in [0.25, 0.3) is 11.3 Å².